The fourth-order valence-corrected chi connectivity index (χ4v) is 2.82. The van der Waals surface area contributed by atoms with Gasteiger partial charge in [-0.1, -0.05) is 17.7 Å². The van der Waals surface area contributed by atoms with Gasteiger partial charge in [0, 0.05) is 0 Å². The number of halogens is 2. The van der Waals surface area contributed by atoms with Crippen LogP contribution in [0.25, 0.3) is 0 Å². The summed E-state index contributed by atoms with van der Waals surface area (Å²) in [6.07, 6.45) is -0.989. The van der Waals surface area contributed by atoms with Gasteiger partial charge < -0.3 is 10.2 Å². The van der Waals surface area contributed by atoms with Crippen LogP contribution in [0.1, 0.15) is 6.42 Å². The summed E-state index contributed by atoms with van der Waals surface area (Å²) >= 11 is 5.43. The molecule has 0 aliphatic rings. The Balaban J connectivity index is 3.13. The highest BCUT2D eigenvalue weighted by Gasteiger charge is 2.29. The van der Waals surface area contributed by atoms with Crippen LogP contribution < -0.4 is 4.72 Å². The van der Waals surface area contributed by atoms with Crippen molar-refractivity contribution in [3.8, 4) is 0 Å². The average molecular weight is 326 g/mol. The Morgan fingerprint density at radius 1 is 1.35 bits per heavy atom. The Labute approximate surface area is 118 Å². The van der Waals surface area contributed by atoms with E-state index in [1.165, 1.54) is 0 Å². The Morgan fingerprint density at radius 2 is 1.95 bits per heavy atom. The number of carboxylic acid groups (broad SMARTS) is 2. The summed E-state index contributed by atoms with van der Waals surface area (Å²) in [6.45, 7) is 0. The Kier molecular flexibility index (Phi) is 5.03. The lowest BCUT2D eigenvalue weighted by molar-refractivity contribution is -0.145. The lowest BCUT2D eigenvalue weighted by Crippen LogP contribution is -2.42. The van der Waals surface area contributed by atoms with Crippen molar-refractivity contribution in [2.75, 3.05) is 0 Å². The lowest BCUT2D eigenvalue weighted by atomic mass is 10.2. The second-order valence-electron chi connectivity index (χ2n) is 3.66. The van der Waals surface area contributed by atoms with E-state index in [0.29, 0.717) is 0 Å². The zero-order valence-corrected chi connectivity index (χ0v) is 11.3. The molecule has 110 valence electrons. The molecule has 1 aromatic carbocycles. The minimum atomic E-state index is -4.56. The van der Waals surface area contributed by atoms with Gasteiger partial charge in [0.2, 0.25) is 10.0 Å². The first-order valence-corrected chi connectivity index (χ1v) is 6.92. The van der Waals surface area contributed by atoms with Crippen molar-refractivity contribution in [1.29, 1.82) is 0 Å². The molecule has 0 saturated carbocycles. The van der Waals surface area contributed by atoms with E-state index in [-0.39, 0.29) is 0 Å². The van der Waals surface area contributed by atoms with Crippen molar-refractivity contribution in [3.63, 3.8) is 0 Å². The molecule has 0 radical (unpaired) electrons. The monoisotopic (exact) mass is 325 g/mol. The van der Waals surface area contributed by atoms with Gasteiger partial charge in [-0.3, -0.25) is 9.59 Å². The molecular formula is C10H9ClFNO6S. The molecule has 0 aliphatic heterocycles. The van der Waals surface area contributed by atoms with Crippen LogP contribution in [0.3, 0.4) is 0 Å². The number of carboxylic acids is 2. The predicted octanol–water partition coefficient (Wildman–Crippen LogP) is 0.685. The number of carbonyl (C=O) groups is 2. The van der Waals surface area contributed by atoms with Crippen molar-refractivity contribution in [1.82, 2.24) is 4.72 Å². The molecule has 0 aliphatic carbocycles. The van der Waals surface area contributed by atoms with E-state index in [9.17, 15) is 22.4 Å². The molecule has 0 amide bonds. The van der Waals surface area contributed by atoms with Crippen LogP contribution in [0.5, 0.6) is 0 Å². The van der Waals surface area contributed by atoms with Crippen LogP contribution in [0.2, 0.25) is 5.02 Å². The summed E-state index contributed by atoms with van der Waals surface area (Å²) < 4.78 is 38.9. The van der Waals surface area contributed by atoms with Crippen LogP contribution in [-0.2, 0) is 19.6 Å². The van der Waals surface area contributed by atoms with Crippen molar-refractivity contribution in [2.24, 2.45) is 0 Å². The molecule has 0 spiro atoms. The minimum Gasteiger partial charge on any atom is -0.481 e. The number of hydrogen-bond donors (Lipinski definition) is 3. The number of benzene rings is 1. The summed E-state index contributed by atoms with van der Waals surface area (Å²) in [7, 11) is -4.56. The van der Waals surface area contributed by atoms with E-state index in [1.807, 2.05) is 0 Å². The molecule has 1 atom stereocenters. The maximum Gasteiger partial charge on any atom is 0.322 e. The van der Waals surface area contributed by atoms with Crippen LogP contribution in [-0.4, -0.2) is 36.6 Å². The van der Waals surface area contributed by atoms with E-state index in [2.05, 4.69) is 0 Å². The van der Waals surface area contributed by atoms with Crippen LogP contribution in [0.15, 0.2) is 23.1 Å². The zero-order valence-electron chi connectivity index (χ0n) is 9.71. The molecular weight excluding hydrogens is 317 g/mol. The second kappa shape index (κ2) is 6.16. The first-order valence-electron chi connectivity index (χ1n) is 5.06. The third kappa shape index (κ3) is 3.89. The summed E-state index contributed by atoms with van der Waals surface area (Å²) in [5.41, 5.74) is 0. The summed E-state index contributed by atoms with van der Waals surface area (Å²) in [5, 5.41) is 16.8. The molecule has 1 aromatic rings. The van der Waals surface area contributed by atoms with Crippen LogP contribution in [0.4, 0.5) is 4.39 Å². The highest BCUT2D eigenvalue weighted by Crippen LogP contribution is 2.22. The number of aliphatic carboxylic acids is 2. The number of hydrogen-bond acceptors (Lipinski definition) is 4. The predicted molar refractivity (Wildman–Crippen MR) is 65.4 cm³/mol. The van der Waals surface area contributed by atoms with Gasteiger partial charge in [-0.2, -0.15) is 4.72 Å². The topological polar surface area (TPSA) is 121 Å². The maximum absolute atomic E-state index is 13.6. The Hall–Kier alpha value is -1.71. The van der Waals surface area contributed by atoms with Crippen LogP contribution in [0, 0.1) is 5.82 Å². The standard InChI is InChI=1S/C10H9ClFNO6S/c11-5-2-1-3-7(9(5)12)20(18,19)13-6(10(16)17)4-8(14)15/h1-3,6,13H,4H2,(H,14,15)(H,16,17)/t6-/m1/s1. The molecule has 0 saturated heterocycles. The van der Waals surface area contributed by atoms with Gasteiger partial charge in [-0.05, 0) is 12.1 Å². The number of sulfonamides is 1. The van der Waals surface area contributed by atoms with E-state index < -0.39 is 50.2 Å². The summed E-state index contributed by atoms with van der Waals surface area (Å²) in [4.78, 5) is 20.4. The maximum atomic E-state index is 13.6. The lowest BCUT2D eigenvalue weighted by Gasteiger charge is -2.13. The highest BCUT2D eigenvalue weighted by atomic mass is 35.5. The van der Waals surface area contributed by atoms with Gasteiger partial charge in [0.15, 0.2) is 5.82 Å². The summed E-state index contributed by atoms with van der Waals surface area (Å²) in [6, 6.07) is 1.23. The van der Waals surface area contributed by atoms with Crippen molar-refractivity contribution >= 4 is 33.6 Å². The van der Waals surface area contributed by atoms with Gasteiger partial charge in [0.1, 0.15) is 10.9 Å². The van der Waals surface area contributed by atoms with Crippen molar-refractivity contribution in [2.45, 2.75) is 17.4 Å². The first-order chi connectivity index (χ1) is 9.15. The molecule has 0 heterocycles. The van der Waals surface area contributed by atoms with Crippen molar-refractivity contribution < 1.29 is 32.6 Å². The molecule has 20 heavy (non-hydrogen) atoms. The van der Waals surface area contributed by atoms with E-state index in [4.69, 9.17) is 21.8 Å². The second-order valence-corrected chi connectivity index (χ2v) is 5.75. The van der Waals surface area contributed by atoms with E-state index in [1.54, 1.807) is 4.72 Å². The normalized spacial score (nSPS) is 12.9. The third-order valence-electron chi connectivity index (χ3n) is 2.18. The van der Waals surface area contributed by atoms with E-state index in [0.717, 1.165) is 18.2 Å². The summed E-state index contributed by atoms with van der Waals surface area (Å²) in [5.74, 6) is -4.47. The zero-order chi connectivity index (χ0) is 15.5. The SMILES string of the molecule is O=C(O)C[C@@H](NS(=O)(=O)c1cccc(Cl)c1F)C(=O)O. The van der Waals surface area contributed by atoms with Crippen LogP contribution >= 0.6 is 11.6 Å². The molecule has 7 nitrogen and oxygen atoms in total. The van der Waals surface area contributed by atoms with Crippen molar-refractivity contribution in [3.05, 3.63) is 29.0 Å². The molecule has 0 bridgehead atoms. The largest absolute Gasteiger partial charge is 0.481 e. The quantitative estimate of drug-likeness (QED) is 0.707. The molecule has 10 heteroatoms. The van der Waals surface area contributed by atoms with Gasteiger partial charge in [0.25, 0.3) is 0 Å². The first kappa shape index (κ1) is 16.3. The van der Waals surface area contributed by atoms with Gasteiger partial charge in [-0.25, -0.2) is 12.8 Å². The highest BCUT2D eigenvalue weighted by molar-refractivity contribution is 7.89. The van der Waals surface area contributed by atoms with Gasteiger partial charge in [0.05, 0.1) is 11.4 Å². The van der Waals surface area contributed by atoms with E-state index >= 15 is 0 Å². The fourth-order valence-electron chi connectivity index (χ4n) is 1.30. The minimum absolute atomic E-state index is 0.460. The molecule has 0 unspecified atom stereocenters. The van der Waals surface area contributed by atoms with Gasteiger partial charge >= 0.3 is 11.9 Å². The van der Waals surface area contributed by atoms with Gasteiger partial charge in [-0.15, -0.1) is 0 Å². The average Bonchev–Trinajstić information content (AvgIpc) is 2.30. The fraction of sp³-hybridized carbons (Fsp3) is 0.200. The Bertz CT molecular complexity index is 647. The number of nitrogens with one attached hydrogen (secondary N) is 1. The Morgan fingerprint density at radius 3 is 2.45 bits per heavy atom. The third-order valence-corrected chi connectivity index (χ3v) is 3.96. The molecule has 0 aromatic heterocycles. The molecule has 0 fully saturated rings. The molecule has 3 N–H and O–H groups in total. The smallest absolute Gasteiger partial charge is 0.322 e. The number of rotatable bonds is 6. The molecule has 1 rings (SSSR count).